The van der Waals surface area contributed by atoms with Gasteiger partial charge in [-0.15, -0.1) is 0 Å². The third kappa shape index (κ3) is 2.03. The molecule has 0 unspecified atom stereocenters. The molecule has 3 rings (SSSR count). The molecule has 0 fully saturated rings. The van der Waals surface area contributed by atoms with Crippen molar-refractivity contribution in [2.24, 2.45) is 7.05 Å². The minimum atomic E-state index is 0.0806. The first-order chi connectivity index (χ1) is 9.06. The van der Waals surface area contributed by atoms with Crippen molar-refractivity contribution in [1.82, 2.24) is 14.5 Å². The van der Waals surface area contributed by atoms with E-state index in [1.54, 1.807) is 18.2 Å². The number of hydrogen-bond donors (Lipinski definition) is 1. The predicted molar refractivity (Wildman–Crippen MR) is 75.6 cm³/mol. The first-order valence-corrected chi connectivity index (χ1v) is 6.30. The molecule has 4 nitrogen and oxygen atoms in total. The summed E-state index contributed by atoms with van der Waals surface area (Å²) in [6.45, 7) is 0. The number of nitrogens with zero attached hydrogens (tertiary/aromatic N) is 3. The molecule has 0 radical (unpaired) electrons. The molecule has 0 bridgehead atoms. The molecule has 1 N–H and O–H groups in total. The van der Waals surface area contributed by atoms with E-state index in [4.69, 9.17) is 23.2 Å². The van der Waals surface area contributed by atoms with E-state index >= 15 is 0 Å². The smallest absolute Gasteiger partial charge is 0.179 e. The highest BCUT2D eigenvalue weighted by Gasteiger charge is 2.14. The fourth-order valence-electron chi connectivity index (χ4n) is 1.99. The Bertz CT molecular complexity index is 783. The highest BCUT2D eigenvalue weighted by molar-refractivity contribution is 6.30. The molecule has 0 saturated carbocycles. The normalized spacial score (nSPS) is 11.1. The van der Waals surface area contributed by atoms with E-state index in [1.807, 2.05) is 17.7 Å². The van der Waals surface area contributed by atoms with Crippen molar-refractivity contribution in [1.29, 1.82) is 0 Å². The molecule has 96 valence electrons. The molecule has 2 heterocycles. The van der Waals surface area contributed by atoms with Crippen molar-refractivity contribution in [3.05, 3.63) is 40.5 Å². The van der Waals surface area contributed by atoms with Crippen molar-refractivity contribution in [2.45, 2.75) is 0 Å². The van der Waals surface area contributed by atoms with E-state index in [2.05, 4.69) is 9.97 Å². The van der Waals surface area contributed by atoms with E-state index < -0.39 is 0 Å². The summed E-state index contributed by atoms with van der Waals surface area (Å²) in [5.41, 5.74) is 1.98. The number of phenolic OH excluding ortho intramolecular Hbond substituents is 1. The van der Waals surface area contributed by atoms with Gasteiger partial charge in [-0.05, 0) is 30.3 Å². The van der Waals surface area contributed by atoms with Gasteiger partial charge in [0.25, 0.3) is 0 Å². The number of fused-ring (bicyclic) bond motifs is 1. The average molecular weight is 294 g/mol. The summed E-state index contributed by atoms with van der Waals surface area (Å²) in [6.07, 6.45) is 0. The summed E-state index contributed by atoms with van der Waals surface area (Å²) in [5, 5.41) is 10.8. The average Bonchev–Trinajstić information content (AvgIpc) is 2.66. The van der Waals surface area contributed by atoms with Gasteiger partial charge in [0, 0.05) is 12.1 Å². The lowest BCUT2D eigenvalue weighted by molar-refractivity contribution is 0.476. The molecule has 0 spiro atoms. The molecular formula is C13H9Cl2N3O. The van der Waals surface area contributed by atoms with Crippen LogP contribution in [0.5, 0.6) is 5.75 Å². The Balaban J connectivity index is 2.27. The molecule has 0 saturated heterocycles. The van der Waals surface area contributed by atoms with Gasteiger partial charge in [-0.25, -0.2) is 9.97 Å². The lowest BCUT2D eigenvalue weighted by Crippen LogP contribution is -1.92. The molecule has 6 heteroatoms. The van der Waals surface area contributed by atoms with Gasteiger partial charge >= 0.3 is 0 Å². The van der Waals surface area contributed by atoms with Gasteiger partial charge in [0.05, 0.1) is 11.1 Å². The second kappa shape index (κ2) is 4.40. The number of rotatable bonds is 1. The van der Waals surface area contributed by atoms with E-state index in [1.165, 1.54) is 6.07 Å². The van der Waals surface area contributed by atoms with Crippen LogP contribution in [-0.2, 0) is 7.05 Å². The van der Waals surface area contributed by atoms with Gasteiger partial charge in [0.1, 0.15) is 16.7 Å². The van der Waals surface area contributed by atoms with Crippen molar-refractivity contribution in [3.63, 3.8) is 0 Å². The number of hydrogen-bond acceptors (Lipinski definition) is 3. The molecule has 19 heavy (non-hydrogen) atoms. The van der Waals surface area contributed by atoms with Crippen LogP contribution in [0.1, 0.15) is 0 Å². The summed E-state index contributed by atoms with van der Waals surface area (Å²) < 4.78 is 1.85. The van der Waals surface area contributed by atoms with Crippen LogP contribution < -0.4 is 0 Å². The molecule has 2 aromatic heterocycles. The standard InChI is InChI=1S/C13H9Cl2N3O/c1-18-9-4-5-11(15)16-12(9)17-13(18)8-3-2-7(14)6-10(8)19/h2-6,19H,1H3. The van der Waals surface area contributed by atoms with Crippen molar-refractivity contribution in [3.8, 4) is 17.1 Å². The zero-order valence-electron chi connectivity index (χ0n) is 9.93. The quantitative estimate of drug-likeness (QED) is 0.697. The van der Waals surface area contributed by atoms with Crippen molar-refractivity contribution in [2.75, 3.05) is 0 Å². The van der Waals surface area contributed by atoms with Crippen LogP contribution in [-0.4, -0.2) is 19.6 Å². The molecule has 0 atom stereocenters. The lowest BCUT2D eigenvalue weighted by atomic mass is 10.2. The third-order valence-electron chi connectivity index (χ3n) is 2.91. The summed E-state index contributed by atoms with van der Waals surface area (Å²) in [5.74, 6) is 0.691. The van der Waals surface area contributed by atoms with Crippen LogP contribution >= 0.6 is 23.2 Å². The first-order valence-electron chi connectivity index (χ1n) is 5.54. The summed E-state index contributed by atoms with van der Waals surface area (Å²) >= 11 is 11.7. The number of aryl methyl sites for hydroxylation is 1. The second-order valence-corrected chi connectivity index (χ2v) is 4.96. The summed E-state index contributed by atoms with van der Waals surface area (Å²) in [6, 6.07) is 8.46. The van der Waals surface area contributed by atoms with Crippen LogP contribution in [0.15, 0.2) is 30.3 Å². The Hall–Kier alpha value is -1.78. The maximum atomic E-state index is 9.96. The number of benzene rings is 1. The second-order valence-electron chi connectivity index (χ2n) is 4.13. The summed E-state index contributed by atoms with van der Waals surface area (Å²) in [7, 11) is 1.86. The SMILES string of the molecule is Cn1c(-c2ccc(Cl)cc2O)nc2nc(Cl)ccc21. The highest BCUT2D eigenvalue weighted by Crippen LogP contribution is 2.32. The Morgan fingerprint density at radius 1 is 1.11 bits per heavy atom. The van der Waals surface area contributed by atoms with Crippen LogP contribution in [0, 0.1) is 0 Å². The molecule has 0 aliphatic carbocycles. The van der Waals surface area contributed by atoms with Gasteiger partial charge in [-0.1, -0.05) is 23.2 Å². The zero-order valence-corrected chi connectivity index (χ0v) is 11.4. The fourth-order valence-corrected chi connectivity index (χ4v) is 2.30. The Morgan fingerprint density at radius 3 is 2.63 bits per heavy atom. The topological polar surface area (TPSA) is 50.9 Å². The molecule has 0 aliphatic heterocycles. The zero-order chi connectivity index (χ0) is 13.6. The van der Waals surface area contributed by atoms with E-state index in [-0.39, 0.29) is 5.75 Å². The molecular weight excluding hydrogens is 285 g/mol. The number of imidazole rings is 1. The molecule has 0 aliphatic rings. The molecule has 0 amide bonds. The van der Waals surface area contributed by atoms with E-state index in [0.717, 1.165) is 5.52 Å². The third-order valence-corrected chi connectivity index (χ3v) is 3.36. The highest BCUT2D eigenvalue weighted by atomic mass is 35.5. The molecule has 1 aromatic carbocycles. The van der Waals surface area contributed by atoms with E-state index in [0.29, 0.717) is 27.2 Å². The number of pyridine rings is 1. The van der Waals surface area contributed by atoms with Gasteiger partial charge in [-0.3, -0.25) is 0 Å². The Kier molecular flexibility index (Phi) is 2.84. The van der Waals surface area contributed by atoms with Gasteiger partial charge in [0.15, 0.2) is 5.65 Å². The van der Waals surface area contributed by atoms with Crippen LogP contribution in [0.2, 0.25) is 10.2 Å². The number of halogens is 2. The minimum Gasteiger partial charge on any atom is -0.507 e. The van der Waals surface area contributed by atoms with Gasteiger partial charge in [0.2, 0.25) is 0 Å². The van der Waals surface area contributed by atoms with Crippen LogP contribution in [0.4, 0.5) is 0 Å². The minimum absolute atomic E-state index is 0.0806. The Morgan fingerprint density at radius 2 is 1.89 bits per heavy atom. The summed E-state index contributed by atoms with van der Waals surface area (Å²) in [4.78, 5) is 8.55. The maximum absolute atomic E-state index is 9.96. The van der Waals surface area contributed by atoms with Crippen molar-refractivity contribution >= 4 is 34.4 Å². The number of phenols is 1. The van der Waals surface area contributed by atoms with Crippen LogP contribution in [0.25, 0.3) is 22.6 Å². The van der Waals surface area contributed by atoms with Gasteiger partial charge in [-0.2, -0.15) is 0 Å². The van der Waals surface area contributed by atoms with Crippen molar-refractivity contribution < 1.29 is 5.11 Å². The largest absolute Gasteiger partial charge is 0.507 e. The lowest BCUT2D eigenvalue weighted by Gasteiger charge is -2.05. The first kappa shape index (κ1) is 12.3. The predicted octanol–water partition coefficient (Wildman–Crippen LogP) is 3.65. The Labute approximate surface area is 119 Å². The monoisotopic (exact) mass is 293 g/mol. The van der Waals surface area contributed by atoms with Crippen LogP contribution in [0.3, 0.4) is 0 Å². The fraction of sp³-hybridized carbons (Fsp3) is 0.0769. The molecule has 3 aromatic rings. The van der Waals surface area contributed by atoms with Gasteiger partial charge < -0.3 is 9.67 Å². The number of aromatic nitrogens is 3. The van der Waals surface area contributed by atoms with E-state index in [9.17, 15) is 5.11 Å². The maximum Gasteiger partial charge on any atom is 0.179 e. The number of aromatic hydroxyl groups is 1.